The van der Waals surface area contributed by atoms with Crippen molar-refractivity contribution in [3.63, 3.8) is 0 Å². The maximum absolute atomic E-state index is 11.6. The van der Waals surface area contributed by atoms with Crippen LogP contribution in [-0.4, -0.2) is 24.6 Å². The normalized spacial score (nSPS) is 11.1. The molecule has 0 heterocycles. The zero-order valence-electron chi connectivity index (χ0n) is 10.00. The second kappa shape index (κ2) is 5.89. The van der Waals surface area contributed by atoms with E-state index in [1.165, 1.54) is 0 Å². The number of ether oxygens (including phenoxy) is 1. The van der Waals surface area contributed by atoms with E-state index < -0.39 is 5.54 Å². The minimum Gasteiger partial charge on any atom is -0.482 e. The van der Waals surface area contributed by atoms with Gasteiger partial charge in [-0.3, -0.25) is 4.79 Å². The molecule has 0 spiro atoms. The molecule has 4 nitrogen and oxygen atoms in total. The van der Waals surface area contributed by atoms with Gasteiger partial charge < -0.3 is 15.8 Å². The molecule has 17 heavy (non-hydrogen) atoms. The Hall–Kier alpha value is -1.26. The Kier molecular flexibility index (Phi) is 4.78. The molecule has 0 saturated carbocycles. The second-order valence-corrected chi connectivity index (χ2v) is 4.76. The van der Waals surface area contributed by atoms with Gasteiger partial charge in [0, 0.05) is 12.1 Å². The smallest absolute Gasteiger partial charge is 0.258 e. The first-order valence-electron chi connectivity index (χ1n) is 5.33. The van der Waals surface area contributed by atoms with Crippen LogP contribution in [0.1, 0.15) is 13.8 Å². The number of hydrogen-bond donors (Lipinski definition) is 2. The molecule has 0 atom stereocenters. The SMILES string of the molecule is CC(C)(CN)NC(=O)COc1ccccc1Cl. The van der Waals surface area contributed by atoms with E-state index in [4.69, 9.17) is 22.1 Å². The first-order chi connectivity index (χ1) is 7.94. The summed E-state index contributed by atoms with van der Waals surface area (Å²) in [5, 5.41) is 3.25. The molecule has 0 aliphatic heterocycles. The Balaban J connectivity index is 2.47. The summed E-state index contributed by atoms with van der Waals surface area (Å²) in [6, 6.07) is 7.01. The molecule has 0 aliphatic carbocycles. The molecule has 1 rings (SSSR count). The highest BCUT2D eigenvalue weighted by atomic mass is 35.5. The third kappa shape index (κ3) is 4.63. The average molecular weight is 257 g/mol. The lowest BCUT2D eigenvalue weighted by atomic mass is 10.1. The molecule has 0 radical (unpaired) electrons. The van der Waals surface area contributed by atoms with Gasteiger partial charge >= 0.3 is 0 Å². The average Bonchev–Trinajstić information content (AvgIpc) is 2.27. The minimum atomic E-state index is -0.430. The third-order valence-corrected chi connectivity index (χ3v) is 2.50. The van der Waals surface area contributed by atoms with Crippen LogP contribution in [0.5, 0.6) is 5.75 Å². The molecular weight excluding hydrogens is 240 g/mol. The summed E-state index contributed by atoms with van der Waals surface area (Å²) in [5.74, 6) is 0.273. The maximum Gasteiger partial charge on any atom is 0.258 e. The Morgan fingerprint density at radius 3 is 2.71 bits per heavy atom. The van der Waals surface area contributed by atoms with Gasteiger partial charge in [0.2, 0.25) is 0 Å². The van der Waals surface area contributed by atoms with E-state index in [0.717, 1.165) is 0 Å². The third-order valence-electron chi connectivity index (χ3n) is 2.18. The molecule has 0 fully saturated rings. The lowest BCUT2D eigenvalue weighted by molar-refractivity contribution is -0.124. The Morgan fingerprint density at radius 2 is 2.12 bits per heavy atom. The van der Waals surface area contributed by atoms with Crippen LogP contribution in [0, 0.1) is 0 Å². The number of carbonyl (C=O) groups is 1. The van der Waals surface area contributed by atoms with Gasteiger partial charge in [0.05, 0.1) is 5.02 Å². The fraction of sp³-hybridized carbons (Fsp3) is 0.417. The first kappa shape index (κ1) is 13.8. The van der Waals surface area contributed by atoms with E-state index in [2.05, 4.69) is 5.32 Å². The summed E-state index contributed by atoms with van der Waals surface area (Å²) < 4.78 is 5.30. The first-order valence-corrected chi connectivity index (χ1v) is 5.71. The number of halogens is 1. The van der Waals surface area contributed by atoms with Crippen LogP contribution in [0.3, 0.4) is 0 Å². The lowest BCUT2D eigenvalue weighted by Gasteiger charge is -2.24. The predicted octanol–water partition coefficient (Wildman–Crippen LogP) is 1.57. The zero-order valence-corrected chi connectivity index (χ0v) is 10.8. The second-order valence-electron chi connectivity index (χ2n) is 4.36. The van der Waals surface area contributed by atoms with Crippen LogP contribution in [-0.2, 0) is 4.79 Å². The molecule has 1 amide bonds. The van der Waals surface area contributed by atoms with Crippen molar-refractivity contribution in [2.75, 3.05) is 13.2 Å². The van der Waals surface area contributed by atoms with Crippen molar-refractivity contribution >= 4 is 17.5 Å². The zero-order chi connectivity index (χ0) is 12.9. The van der Waals surface area contributed by atoms with Crippen LogP contribution < -0.4 is 15.8 Å². The molecule has 1 aromatic rings. The Morgan fingerprint density at radius 1 is 1.47 bits per heavy atom. The highest BCUT2D eigenvalue weighted by Gasteiger charge is 2.18. The van der Waals surface area contributed by atoms with Crippen LogP contribution in [0.15, 0.2) is 24.3 Å². The van der Waals surface area contributed by atoms with Gasteiger partial charge in [-0.2, -0.15) is 0 Å². The van der Waals surface area contributed by atoms with Crippen molar-refractivity contribution in [1.29, 1.82) is 0 Å². The number of rotatable bonds is 5. The number of amides is 1. The van der Waals surface area contributed by atoms with Gasteiger partial charge in [-0.1, -0.05) is 23.7 Å². The van der Waals surface area contributed by atoms with Crippen molar-refractivity contribution in [2.45, 2.75) is 19.4 Å². The van der Waals surface area contributed by atoms with Gasteiger partial charge in [-0.05, 0) is 26.0 Å². The quantitative estimate of drug-likeness (QED) is 0.841. The number of benzene rings is 1. The number of nitrogens with two attached hydrogens (primary N) is 1. The van der Waals surface area contributed by atoms with Crippen molar-refractivity contribution < 1.29 is 9.53 Å². The Bertz CT molecular complexity index is 394. The topological polar surface area (TPSA) is 64.3 Å². The molecule has 0 saturated heterocycles. The highest BCUT2D eigenvalue weighted by molar-refractivity contribution is 6.32. The largest absolute Gasteiger partial charge is 0.482 e. The van der Waals surface area contributed by atoms with Crippen molar-refractivity contribution in [1.82, 2.24) is 5.32 Å². The molecule has 1 aromatic carbocycles. The fourth-order valence-corrected chi connectivity index (χ4v) is 1.36. The standard InChI is InChI=1S/C12H17ClN2O2/c1-12(2,8-14)15-11(16)7-17-10-6-4-3-5-9(10)13/h3-6H,7-8,14H2,1-2H3,(H,15,16). The lowest BCUT2D eigenvalue weighted by Crippen LogP contribution is -2.50. The molecular formula is C12H17ClN2O2. The van der Waals surface area contributed by atoms with E-state index in [0.29, 0.717) is 17.3 Å². The van der Waals surface area contributed by atoms with E-state index in [1.54, 1.807) is 24.3 Å². The van der Waals surface area contributed by atoms with E-state index in [-0.39, 0.29) is 12.5 Å². The Labute approximate surface area is 106 Å². The van der Waals surface area contributed by atoms with Crippen LogP contribution in [0.2, 0.25) is 5.02 Å². The summed E-state index contributed by atoms with van der Waals surface area (Å²) in [4.78, 5) is 11.6. The van der Waals surface area contributed by atoms with E-state index >= 15 is 0 Å². The van der Waals surface area contributed by atoms with Crippen molar-refractivity contribution in [3.05, 3.63) is 29.3 Å². The van der Waals surface area contributed by atoms with Crippen molar-refractivity contribution in [2.24, 2.45) is 5.73 Å². The monoisotopic (exact) mass is 256 g/mol. The molecule has 3 N–H and O–H groups in total. The molecule has 0 aromatic heterocycles. The van der Waals surface area contributed by atoms with E-state index in [1.807, 2.05) is 13.8 Å². The summed E-state index contributed by atoms with van der Waals surface area (Å²) in [5.41, 5.74) is 5.08. The molecule has 5 heteroatoms. The molecule has 0 bridgehead atoms. The summed E-state index contributed by atoms with van der Waals surface area (Å²) in [6.07, 6.45) is 0. The van der Waals surface area contributed by atoms with Crippen LogP contribution in [0.25, 0.3) is 0 Å². The summed E-state index contributed by atoms with van der Waals surface area (Å²) >= 11 is 5.89. The summed E-state index contributed by atoms with van der Waals surface area (Å²) in [6.45, 7) is 3.98. The number of hydrogen-bond acceptors (Lipinski definition) is 3. The molecule has 0 aliphatic rings. The van der Waals surface area contributed by atoms with Gasteiger partial charge in [0.1, 0.15) is 5.75 Å². The van der Waals surface area contributed by atoms with Crippen LogP contribution in [0.4, 0.5) is 0 Å². The fourth-order valence-electron chi connectivity index (χ4n) is 1.17. The predicted molar refractivity (Wildman–Crippen MR) is 68.2 cm³/mol. The van der Waals surface area contributed by atoms with Crippen molar-refractivity contribution in [3.8, 4) is 5.75 Å². The number of para-hydroxylation sites is 1. The molecule has 94 valence electrons. The van der Waals surface area contributed by atoms with Crippen LogP contribution >= 0.6 is 11.6 Å². The summed E-state index contributed by atoms with van der Waals surface area (Å²) in [7, 11) is 0. The van der Waals surface area contributed by atoms with Gasteiger partial charge in [-0.15, -0.1) is 0 Å². The van der Waals surface area contributed by atoms with Gasteiger partial charge in [0.15, 0.2) is 6.61 Å². The number of carbonyl (C=O) groups excluding carboxylic acids is 1. The number of nitrogens with one attached hydrogen (secondary N) is 1. The highest BCUT2D eigenvalue weighted by Crippen LogP contribution is 2.22. The van der Waals surface area contributed by atoms with Gasteiger partial charge in [-0.25, -0.2) is 0 Å². The maximum atomic E-state index is 11.6. The minimum absolute atomic E-state index is 0.0762. The van der Waals surface area contributed by atoms with Gasteiger partial charge in [0.25, 0.3) is 5.91 Å². The van der Waals surface area contributed by atoms with E-state index in [9.17, 15) is 4.79 Å². The molecule has 0 unspecified atom stereocenters.